The second kappa shape index (κ2) is 6.99. The molecule has 108 valence electrons. The van der Waals surface area contributed by atoms with Crippen molar-refractivity contribution in [2.75, 3.05) is 6.54 Å². The lowest BCUT2D eigenvalue weighted by Gasteiger charge is -2.07. The summed E-state index contributed by atoms with van der Waals surface area (Å²) in [5.41, 5.74) is 1.26. The second-order valence-electron chi connectivity index (χ2n) is 4.39. The van der Waals surface area contributed by atoms with Crippen molar-refractivity contribution in [2.45, 2.75) is 6.42 Å². The molecule has 1 amide bonds. The summed E-state index contributed by atoms with van der Waals surface area (Å²) >= 11 is 3.12. The van der Waals surface area contributed by atoms with Gasteiger partial charge in [0, 0.05) is 12.6 Å². The van der Waals surface area contributed by atoms with Gasteiger partial charge in [0.1, 0.15) is 4.47 Å². The van der Waals surface area contributed by atoms with Crippen LogP contribution in [0.25, 0.3) is 0 Å². The van der Waals surface area contributed by atoms with Crippen molar-refractivity contribution in [2.24, 2.45) is 0 Å². The average Bonchev–Trinajstić information content (AvgIpc) is 2.48. The third-order valence-corrected chi connectivity index (χ3v) is 3.80. The van der Waals surface area contributed by atoms with Gasteiger partial charge in [0.15, 0.2) is 0 Å². The Morgan fingerprint density at radius 2 is 1.86 bits per heavy atom. The van der Waals surface area contributed by atoms with Gasteiger partial charge < -0.3 is 5.32 Å². The van der Waals surface area contributed by atoms with Crippen LogP contribution in [0.15, 0.2) is 53.0 Å². The number of nitrogens with zero attached hydrogens (tertiary/aromatic N) is 1. The summed E-state index contributed by atoms with van der Waals surface area (Å²) in [4.78, 5) is 22.4. The van der Waals surface area contributed by atoms with Crippen molar-refractivity contribution in [3.63, 3.8) is 0 Å². The van der Waals surface area contributed by atoms with E-state index in [1.165, 1.54) is 12.1 Å². The summed E-state index contributed by atoms with van der Waals surface area (Å²) in [6.07, 6.45) is 0.707. The van der Waals surface area contributed by atoms with Gasteiger partial charge in [0.2, 0.25) is 0 Å². The van der Waals surface area contributed by atoms with Gasteiger partial charge in [-0.3, -0.25) is 14.9 Å². The minimum absolute atomic E-state index is 0.120. The van der Waals surface area contributed by atoms with E-state index in [2.05, 4.69) is 21.2 Å². The SMILES string of the molecule is O=C(NCCc1ccccc1)c1cccc([N+](=O)[O-])c1Br. The maximum absolute atomic E-state index is 12.1. The standard InChI is InChI=1S/C15H13BrN2O3/c16-14-12(7-4-8-13(14)18(20)21)15(19)17-10-9-11-5-2-1-3-6-11/h1-8H,9-10H2,(H,17,19). The molecule has 2 aromatic rings. The predicted octanol–water partition coefficient (Wildman–Crippen LogP) is 3.33. The third kappa shape index (κ3) is 3.88. The van der Waals surface area contributed by atoms with Crippen molar-refractivity contribution in [3.05, 3.63) is 74.2 Å². The lowest BCUT2D eigenvalue weighted by atomic mass is 10.1. The van der Waals surface area contributed by atoms with E-state index in [1.54, 1.807) is 6.07 Å². The molecule has 0 fully saturated rings. The molecule has 6 heteroatoms. The van der Waals surface area contributed by atoms with Crippen LogP contribution in [0.2, 0.25) is 0 Å². The minimum atomic E-state index is -0.523. The van der Waals surface area contributed by atoms with Crippen LogP contribution in [0, 0.1) is 10.1 Å². The Hall–Kier alpha value is -2.21. The molecule has 0 saturated heterocycles. The highest BCUT2D eigenvalue weighted by molar-refractivity contribution is 9.10. The fraction of sp³-hybridized carbons (Fsp3) is 0.133. The van der Waals surface area contributed by atoms with Crippen LogP contribution in [-0.4, -0.2) is 17.4 Å². The highest BCUT2D eigenvalue weighted by Crippen LogP contribution is 2.28. The lowest BCUT2D eigenvalue weighted by Crippen LogP contribution is -2.26. The van der Waals surface area contributed by atoms with Gasteiger partial charge in [-0.25, -0.2) is 0 Å². The van der Waals surface area contributed by atoms with E-state index < -0.39 is 4.92 Å². The zero-order chi connectivity index (χ0) is 15.2. The van der Waals surface area contributed by atoms with Gasteiger partial charge in [-0.05, 0) is 34.0 Å². The Balaban J connectivity index is 2.01. The number of hydrogen-bond acceptors (Lipinski definition) is 3. The molecule has 0 aromatic heterocycles. The van der Waals surface area contributed by atoms with Crippen molar-refractivity contribution >= 4 is 27.5 Å². The molecule has 2 aromatic carbocycles. The molecule has 0 bridgehead atoms. The fourth-order valence-electron chi connectivity index (χ4n) is 1.90. The molecule has 0 spiro atoms. The molecule has 0 aliphatic carbocycles. The molecule has 1 N–H and O–H groups in total. The first kappa shape index (κ1) is 15.2. The van der Waals surface area contributed by atoms with Crippen LogP contribution in [0.3, 0.4) is 0 Å². The summed E-state index contributed by atoms with van der Waals surface area (Å²) in [6, 6.07) is 14.2. The molecule has 0 unspecified atom stereocenters. The van der Waals surface area contributed by atoms with Gasteiger partial charge in [-0.1, -0.05) is 36.4 Å². The quantitative estimate of drug-likeness (QED) is 0.665. The number of nitrogens with one attached hydrogen (secondary N) is 1. The van der Waals surface area contributed by atoms with Gasteiger partial charge in [0.25, 0.3) is 11.6 Å². The average molecular weight is 349 g/mol. The molecule has 0 heterocycles. The van der Waals surface area contributed by atoms with Crippen LogP contribution in [0.1, 0.15) is 15.9 Å². The number of carbonyl (C=O) groups is 1. The van der Waals surface area contributed by atoms with Crippen LogP contribution < -0.4 is 5.32 Å². The van der Waals surface area contributed by atoms with E-state index in [0.717, 1.165) is 5.56 Å². The maximum Gasteiger partial charge on any atom is 0.284 e. The largest absolute Gasteiger partial charge is 0.352 e. The van der Waals surface area contributed by atoms with E-state index in [0.29, 0.717) is 13.0 Å². The monoisotopic (exact) mass is 348 g/mol. The number of hydrogen-bond donors (Lipinski definition) is 1. The Bertz CT molecular complexity index is 659. The van der Waals surface area contributed by atoms with Gasteiger partial charge in [0.05, 0.1) is 10.5 Å². The molecule has 21 heavy (non-hydrogen) atoms. The van der Waals surface area contributed by atoms with Crippen LogP contribution in [0.4, 0.5) is 5.69 Å². The number of halogens is 1. The molecule has 2 rings (SSSR count). The van der Waals surface area contributed by atoms with Crippen molar-refractivity contribution in [1.82, 2.24) is 5.32 Å². The summed E-state index contributed by atoms with van der Waals surface area (Å²) < 4.78 is 0.201. The van der Waals surface area contributed by atoms with Crippen LogP contribution >= 0.6 is 15.9 Å². The van der Waals surface area contributed by atoms with Crippen LogP contribution in [-0.2, 0) is 6.42 Å². The smallest absolute Gasteiger partial charge is 0.284 e. The van der Waals surface area contributed by atoms with Gasteiger partial charge in [-0.2, -0.15) is 0 Å². The number of nitro groups is 1. The molecule has 5 nitrogen and oxygen atoms in total. The van der Waals surface area contributed by atoms with Crippen LogP contribution in [0.5, 0.6) is 0 Å². The van der Waals surface area contributed by atoms with E-state index in [-0.39, 0.29) is 21.6 Å². The number of nitro benzene ring substituents is 1. The molecule has 0 radical (unpaired) electrons. The number of benzene rings is 2. The van der Waals surface area contributed by atoms with E-state index in [4.69, 9.17) is 0 Å². The summed E-state index contributed by atoms with van der Waals surface area (Å²) in [6.45, 7) is 0.470. The van der Waals surface area contributed by atoms with E-state index in [9.17, 15) is 14.9 Å². The molecular formula is C15H13BrN2O3. The number of rotatable bonds is 5. The second-order valence-corrected chi connectivity index (χ2v) is 5.18. The Morgan fingerprint density at radius 1 is 1.14 bits per heavy atom. The minimum Gasteiger partial charge on any atom is -0.352 e. The fourth-order valence-corrected chi connectivity index (χ4v) is 2.49. The first-order valence-corrected chi connectivity index (χ1v) is 7.14. The number of carbonyl (C=O) groups excluding carboxylic acids is 1. The Morgan fingerprint density at radius 3 is 2.52 bits per heavy atom. The summed E-state index contributed by atoms with van der Waals surface area (Å²) in [5.74, 6) is -0.332. The third-order valence-electron chi connectivity index (χ3n) is 2.96. The molecule has 0 aliphatic rings. The lowest BCUT2D eigenvalue weighted by molar-refractivity contribution is -0.385. The molecular weight excluding hydrogens is 336 g/mol. The van der Waals surface area contributed by atoms with Crippen molar-refractivity contribution < 1.29 is 9.72 Å². The highest BCUT2D eigenvalue weighted by atomic mass is 79.9. The summed E-state index contributed by atoms with van der Waals surface area (Å²) in [5, 5.41) is 13.6. The van der Waals surface area contributed by atoms with Crippen molar-refractivity contribution in [3.8, 4) is 0 Å². The number of amides is 1. The van der Waals surface area contributed by atoms with Gasteiger partial charge >= 0.3 is 0 Å². The zero-order valence-corrected chi connectivity index (χ0v) is 12.7. The van der Waals surface area contributed by atoms with Crippen molar-refractivity contribution in [1.29, 1.82) is 0 Å². The Kier molecular flexibility index (Phi) is 5.05. The highest BCUT2D eigenvalue weighted by Gasteiger charge is 2.18. The van der Waals surface area contributed by atoms with E-state index >= 15 is 0 Å². The van der Waals surface area contributed by atoms with Gasteiger partial charge in [-0.15, -0.1) is 0 Å². The first-order chi connectivity index (χ1) is 10.1. The Labute approximate surface area is 130 Å². The predicted molar refractivity (Wildman–Crippen MR) is 83.3 cm³/mol. The zero-order valence-electron chi connectivity index (χ0n) is 11.1. The first-order valence-electron chi connectivity index (χ1n) is 6.34. The molecule has 0 saturated carbocycles. The molecule has 0 aliphatic heterocycles. The topological polar surface area (TPSA) is 72.2 Å². The molecule has 0 atom stereocenters. The van der Waals surface area contributed by atoms with E-state index in [1.807, 2.05) is 30.3 Å². The normalized spacial score (nSPS) is 10.1. The maximum atomic E-state index is 12.1. The summed E-state index contributed by atoms with van der Waals surface area (Å²) in [7, 11) is 0.